The summed E-state index contributed by atoms with van der Waals surface area (Å²) >= 11 is 0. The molecule has 2 aromatic carbocycles. The lowest BCUT2D eigenvalue weighted by molar-refractivity contribution is -0.120. The number of aromatic nitrogens is 1. The Morgan fingerprint density at radius 1 is 1.08 bits per heavy atom. The normalized spacial score (nSPS) is 17.1. The van der Waals surface area contributed by atoms with Crippen LogP contribution < -0.4 is 16.0 Å². The third-order valence-corrected chi connectivity index (χ3v) is 7.17. The van der Waals surface area contributed by atoms with Gasteiger partial charge in [-0.2, -0.15) is 0 Å². The van der Waals surface area contributed by atoms with Crippen LogP contribution in [0, 0.1) is 0 Å². The molecule has 1 aromatic heterocycles. The van der Waals surface area contributed by atoms with Crippen molar-refractivity contribution in [3.05, 3.63) is 88.6 Å². The van der Waals surface area contributed by atoms with E-state index in [4.69, 9.17) is 4.74 Å². The molecular formula is C29H31N5O4. The SMILES string of the molecule is CCOC(=O)N(C)Cc1ccccc1CNCC(=O)Nc1ccc2c(c1)C[C@@]1(C2)C(=O)Nc2ncccc21. The van der Waals surface area contributed by atoms with E-state index in [-0.39, 0.29) is 24.5 Å². The van der Waals surface area contributed by atoms with E-state index >= 15 is 0 Å². The van der Waals surface area contributed by atoms with Gasteiger partial charge in [-0.15, -0.1) is 0 Å². The van der Waals surface area contributed by atoms with Gasteiger partial charge in [0.25, 0.3) is 0 Å². The quantitative estimate of drug-likeness (QED) is 0.426. The fraction of sp³-hybridized carbons (Fsp3) is 0.310. The van der Waals surface area contributed by atoms with E-state index in [0.717, 1.165) is 27.8 Å². The zero-order chi connectivity index (χ0) is 26.7. The topological polar surface area (TPSA) is 113 Å². The van der Waals surface area contributed by atoms with Crippen molar-refractivity contribution in [3.8, 4) is 0 Å². The van der Waals surface area contributed by atoms with Crippen molar-refractivity contribution in [2.45, 2.75) is 38.3 Å². The van der Waals surface area contributed by atoms with Crippen LogP contribution >= 0.6 is 0 Å². The molecule has 3 aromatic rings. The molecule has 1 atom stereocenters. The first-order chi connectivity index (χ1) is 18.4. The van der Waals surface area contributed by atoms with Gasteiger partial charge < -0.3 is 25.6 Å². The number of amides is 3. The van der Waals surface area contributed by atoms with Gasteiger partial charge >= 0.3 is 6.09 Å². The summed E-state index contributed by atoms with van der Waals surface area (Å²) in [6, 6.07) is 17.5. The number of carbonyl (C=O) groups is 3. The molecule has 0 unspecified atom stereocenters. The number of pyridine rings is 1. The Bertz CT molecular complexity index is 1390. The molecule has 2 aliphatic rings. The highest BCUT2D eigenvalue weighted by Gasteiger charge is 2.51. The number of rotatable bonds is 8. The van der Waals surface area contributed by atoms with Gasteiger partial charge in [-0.05, 0) is 60.2 Å². The average Bonchev–Trinajstić information content (AvgIpc) is 3.42. The minimum Gasteiger partial charge on any atom is -0.450 e. The Hall–Kier alpha value is -4.24. The van der Waals surface area contributed by atoms with Crippen LogP contribution in [0.1, 0.15) is 34.7 Å². The van der Waals surface area contributed by atoms with Gasteiger partial charge in [-0.1, -0.05) is 36.4 Å². The maximum atomic E-state index is 12.9. The maximum absolute atomic E-state index is 12.9. The van der Waals surface area contributed by atoms with Gasteiger partial charge in [0.1, 0.15) is 5.82 Å². The molecule has 0 bridgehead atoms. The second kappa shape index (κ2) is 10.6. The van der Waals surface area contributed by atoms with Crippen molar-refractivity contribution < 1.29 is 19.1 Å². The highest BCUT2D eigenvalue weighted by molar-refractivity contribution is 6.06. The minimum atomic E-state index is -0.634. The fourth-order valence-electron chi connectivity index (χ4n) is 5.30. The van der Waals surface area contributed by atoms with Gasteiger partial charge in [-0.3, -0.25) is 9.59 Å². The number of ether oxygens (including phenoxy) is 1. The van der Waals surface area contributed by atoms with Crippen molar-refractivity contribution in [2.75, 3.05) is 30.8 Å². The number of carbonyl (C=O) groups excluding carboxylic acids is 3. The highest BCUT2D eigenvalue weighted by atomic mass is 16.6. The molecule has 196 valence electrons. The number of benzene rings is 2. The molecule has 0 fully saturated rings. The van der Waals surface area contributed by atoms with Gasteiger partial charge in [-0.25, -0.2) is 9.78 Å². The summed E-state index contributed by atoms with van der Waals surface area (Å²) in [4.78, 5) is 43.4. The molecule has 3 amide bonds. The minimum absolute atomic E-state index is 0.0223. The Balaban J connectivity index is 1.17. The first-order valence-corrected chi connectivity index (χ1v) is 12.7. The van der Waals surface area contributed by atoms with E-state index in [1.165, 1.54) is 4.90 Å². The molecule has 5 rings (SSSR count). The molecule has 9 heteroatoms. The van der Waals surface area contributed by atoms with Crippen LogP contribution in [0.15, 0.2) is 60.8 Å². The summed E-state index contributed by atoms with van der Waals surface area (Å²) in [5.74, 6) is 0.455. The van der Waals surface area contributed by atoms with Crippen LogP contribution in [0.2, 0.25) is 0 Å². The molecule has 38 heavy (non-hydrogen) atoms. The molecule has 1 aliphatic heterocycles. The van der Waals surface area contributed by atoms with Crippen molar-refractivity contribution >= 4 is 29.4 Å². The predicted octanol–water partition coefficient (Wildman–Crippen LogP) is 3.39. The number of nitrogens with zero attached hydrogens (tertiary/aromatic N) is 2. The van der Waals surface area contributed by atoms with Crippen molar-refractivity contribution in [2.24, 2.45) is 0 Å². The largest absolute Gasteiger partial charge is 0.450 e. The molecule has 0 saturated heterocycles. The zero-order valence-electron chi connectivity index (χ0n) is 21.5. The Labute approximate surface area is 221 Å². The third-order valence-electron chi connectivity index (χ3n) is 7.17. The van der Waals surface area contributed by atoms with Gasteiger partial charge in [0.2, 0.25) is 11.8 Å². The van der Waals surface area contributed by atoms with E-state index in [0.29, 0.717) is 44.0 Å². The smallest absolute Gasteiger partial charge is 0.409 e. The fourth-order valence-corrected chi connectivity index (χ4v) is 5.30. The number of hydrogen-bond acceptors (Lipinski definition) is 6. The van der Waals surface area contributed by atoms with Crippen LogP contribution in [0.25, 0.3) is 0 Å². The van der Waals surface area contributed by atoms with Crippen LogP contribution in [0.5, 0.6) is 0 Å². The number of nitrogens with one attached hydrogen (secondary N) is 3. The number of hydrogen-bond donors (Lipinski definition) is 3. The summed E-state index contributed by atoms with van der Waals surface area (Å²) in [7, 11) is 1.70. The van der Waals surface area contributed by atoms with Crippen LogP contribution in [0.4, 0.5) is 16.3 Å². The van der Waals surface area contributed by atoms with E-state index in [1.807, 2.05) is 54.6 Å². The summed E-state index contributed by atoms with van der Waals surface area (Å²) in [5, 5.41) is 9.07. The molecule has 1 aliphatic carbocycles. The lowest BCUT2D eigenvalue weighted by atomic mass is 9.79. The van der Waals surface area contributed by atoms with E-state index in [9.17, 15) is 14.4 Å². The predicted molar refractivity (Wildman–Crippen MR) is 144 cm³/mol. The second-order valence-electron chi connectivity index (χ2n) is 9.75. The Kier molecular flexibility index (Phi) is 7.11. The summed E-state index contributed by atoms with van der Waals surface area (Å²) in [6.07, 6.45) is 2.51. The van der Waals surface area contributed by atoms with Crippen molar-refractivity contribution in [1.82, 2.24) is 15.2 Å². The molecule has 3 N–H and O–H groups in total. The van der Waals surface area contributed by atoms with Gasteiger partial charge in [0, 0.05) is 37.6 Å². The molecule has 0 saturated carbocycles. The first-order valence-electron chi connectivity index (χ1n) is 12.7. The highest BCUT2D eigenvalue weighted by Crippen LogP contribution is 2.46. The van der Waals surface area contributed by atoms with E-state index in [2.05, 4.69) is 20.9 Å². The van der Waals surface area contributed by atoms with Gasteiger partial charge in [0.05, 0.1) is 18.6 Å². The summed E-state index contributed by atoms with van der Waals surface area (Å²) in [5.41, 5.74) is 5.16. The molecule has 9 nitrogen and oxygen atoms in total. The monoisotopic (exact) mass is 513 g/mol. The van der Waals surface area contributed by atoms with Crippen molar-refractivity contribution in [3.63, 3.8) is 0 Å². The maximum Gasteiger partial charge on any atom is 0.409 e. The lowest BCUT2D eigenvalue weighted by Gasteiger charge is -2.20. The first kappa shape index (κ1) is 25.4. The van der Waals surface area contributed by atoms with E-state index in [1.54, 1.807) is 20.2 Å². The van der Waals surface area contributed by atoms with Crippen LogP contribution in [-0.4, -0.2) is 48.0 Å². The van der Waals surface area contributed by atoms with Crippen molar-refractivity contribution in [1.29, 1.82) is 0 Å². The summed E-state index contributed by atoms with van der Waals surface area (Å²) < 4.78 is 5.06. The second-order valence-corrected chi connectivity index (χ2v) is 9.75. The van der Waals surface area contributed by atoms with E-state index < -0.39 is 5.41 Å². The number of anilines is 2. The number of fused-ring (bicyclic) bond motifs is 3. The zero-order valence-corrected chi connectivity index (χ0v) is 21.5. The standard InChI is InChI=1S/C29H31N5O4/c1-3-38-28(37)34(2)18-21-8-5-4-7-20(21)16-30-17-25(35)32-23-11-10-19-14-29(15-22(19)13-23)24-9-6-12-31-26(24)33-27(29)36/h4-13,30H,3,14-18H2,1-2H3,(H,32,35)(H,31,33,36)/t29-/m1/s1. The molecular weight excluding hydrogens is 482 g/mol. The summed E-state index contributed by atoms with van der Waals surface area (Å²) in [6.45, 7) is 3.13. The molecule has 2 heterocycles. The third kappa shape index (κ3) is 4.97. The van der Waals surface area contributed by atoms with Crippen LogP contribution in [0.3, 0.4) is 0 Å². The Morgan fingerprint density at radius 3 is 2.68 bits per heavy atom. The lowest BCUT2D eigenvalue weighted by Crippen LogP contribution is -2.35. The van der Waals surface area contributed by atoms with Crippen LogP contribution in [-0.2, 0) is 45.7 Å². The average molecular weight is 514 g/mol. The Morgan fingerprint density at radius 2 is 1.87 bits per heavy atom. The van der Waals surface area contributed by atoms with Gasteiger partial charge in [0.15, 0.2) is 0 Å². The molecule has 1 spiro atoms. The molecule has 0 radical (unpaired) electrons.